The van der Waals surface area contributed by atoms with Gasteiger partial charge >= 0.3 is 6.16 Å². The van der Waals surface area contributed by atoms with Gasteiger partial charge in [-0.2, -0.15) is 4.39 Å². The first-order valence-corrected chi connectivity index (χ1v) is 1.99. The lowest BCUT2D eigenvalue weighted by molar-refractivity contribution is 0.0534. The van der Waals surface area contributed by atoms with E-state index in [0.717, 1.165) is 6.08 Å². The number of carbonyl (C=O) groups excluding carboxylic acids is 1. The summed E-state index contributed by atoms with van der Waals surface area (Å²) in [6.45, 7) is -0.0370. The van der Waals surface area contributed by atoms with Gasteiger partial charge in [0.2, 0.25) is 0 Å². The van der Waals surface area contributed by atoms with Gasteiger partial charge in [-0.25, -0.2) is 4.79 Å². The molecule has 0 saturated heterocycles. The van der Waals surface area contributed by atoms with Crippen molar-refractivity contribution in [2.24, 2.45) is 0 Å². The van der Waals surface area contributed by atoms with Crippen molar-refractivity contribution in [2.75, 3.05) is 6.61 Å². The van der Waals surface area contributed by atoms with Crippen molar-refractivity contribution in [1.82, 2.24) is 0 Å². The zero-order chi connectivity index (χ0) is 5.98. The molecule has 1 rings (SSSR count). The van der Waals surface area contributed by atoms with Crippen molar-refractivity contribution < 1.29 is 18.7 Å². The minimum Gasteiger partial charge on any atom is -0.429 e. The molecule has 4 heteroatoms. The summed E-state index contributed by atoms with van der Waals surface area (Å²) in [5.74, 6) is 0. The second-order valence-corrected chi connectivity index (χ2v) is 1.17. The fourth-order valence-electron chi connectivity index (χ4n) is 0.326. The lowest BCUT2D eigenvalue weighted by Crippen LogP contribution is -2.10. The Morgan fingerprint density at radius 1 is 1.75 bits per heavy atom. The Morgan fingerprint density at radius 2 is 2.50 bits per heavy atom. The largest absolute Gasteiger partial charge is 0.516 e. The summed E-state index contributed by atoms with van der Waals surface area (Å²) < 4.78 is 19.8. The zero-order valence-corrected chi connectivity index (χ0v) is 3.89. The molecule has 3 nitrogen and oxygen atoms in total. The highest BCUT2D eigenvalue weighted by molar-refractivity contribution is 5.62. The third-order valence-corrected chi connectivity index (χ3v) is 0.626. The van der Waals surface area contributed by atoms with Crippen LogP contribution in [0, 0.1) is 0 Å². The van der Waals surface area contributed by atoms with Gasteiger partial charge in [0.25, 0.3) is 6.01 Å². The second-order valence-electron chi connectivity index (χ2n) is 1.17. The van der Waals surface area contributed by atoms with Gasteiger partial charge < -0.3 is 9.47 Å². The molecular formula is C4H3FO3. The third-order valence-electron chi connectivity index (χ3n) is 0.626. The summed E-state index contributed by atoms with van der Waals surface area (Å²) in [5, 5.41) is 0. The van der Waals surface area contributed by atoms with Gasteiger partial charge in [0, 0.05) is 6.08 Å². The number of ether oxygens (including phenoxy) is 2. The molecular weight excluding hydrogens is 115 g/mol. The molecule has 0 atom stereocenters. The normalized spacial score (nSPS) is 18.6. The van der Waals surface area contributed by atoms with Crippen molar-refractivity contribution in [1.29, 1.82) is 0 Å². The van der Waals surface area contributed by atoms with E-state index in [4.69, 9.17) is 0 Å². The van der Waals surface area contributed by atoms with Crippen LogP contribution in [0.3, 0.4) is 0 Å². The molecule has 0 bridgehead atoms. The van der Waals surface area contributed by atoms with Gasteiger partial charge in [-0.15, -0.1) is 0 Å². The minimum atomic E-state index is -0.981. The van der Waals surface area contributed by atoms with Gasteiger partial charge in [0.1, 0.15) is 6.61 Å². The monoisotopic (exact) mass is 118 g/mol. The molecule has 1 heterocycles. The summed E-state index contributed by atoms with van der Waals surface area (Å²) in [5.41, 5.74) is 0. The van der Waals surface area contributed by atoms with Gasteiger partial charge in [0.05, 0.1) is 0 Å². The number of halogens is 1. The summed E-state index contributed by atoms with van der Waals surface area (Å²) in [6.07, 6.45) is 0.0477. The summed E-state index contributed by atoms with van der Waals surface area (Å²) in [4.78, 5) is 9.95. The first-order chi connectivity index (χ1) is 3.79. The first-order valence-electron chi connectivity index (χ1n) is 1.99. The third kappa shape index (κ3) is 0.959. The maximum absolute atomic E-state index is 11.8. The van der Waals surface area contributed by atoms with Crippen LogP contribution in [0.4, 0.5) is 9.18 Å². The molecule has 0 amide bonds. The van der Waals surface area contributed by atoms with Gasteiger partial charge in [-0.1, -0.05) is 0 Å². The Balaban J connectivity index is 2.57. The molecule has 0 aromatic rings. The lowest BCUT2D eigenvalue weighted by Gasteiger charge is -2.05. The highest BCUT2D eigenvalue weighted by atomic mass is 19.1. The van der Waals surface area contributed by atoms with Crippen LogP contribution >= 0.6 is 0 Å². The molecule has 0 spiro atoms. The number of hydrogen-bond donors (Lipinski definition) is 0. The van der Waals surface area contributed by atoms with E-state index in [1.165, 1.54) is 0 Å². The smallest absolute Gasteiger partial charge is 0.429 e. The van der Waals surface area contributed by atoms with Gasteiger partial charge in [-0.05, 0) is 0 Å². The number of rotatable bonds is 0. The van der Waals surface area contributed by atoms with Crippen molar-refractivity contribution in [3.8, 4) is 0 Å². The molecule has 0 saturated carbocycles. The van der Waals surface area contributed by atoms with Crippen LogP contribution in [-0.4, -0.2) is 12.8 Å². The predicted molar refractivity (Wildman–Crippen MR) is 21.6 cm³/mol. The van der Waals surface area contributed by atoms with E-state index < -0.39 is 12.2 Å². The van der Waals surface area contributed by atoms with Crippen LogP contribution in [-0.2, 0) is 9.47 Å². The molecule has 1 aliphatic rings. The minimum absolute atomic E-state index is 0.0370. The molecule has 44 valence electrons. The Labute approximate surface area is 44.7 Å². The van der Waals surface area contributed by atoms with Crippen molar-refractivity contribution >= 4 is 6.16 Å². The average Bonchev–Trinajstić information content (AvgIpc) is 1.64. The first kappa shape index (κ1) is 5.08. The Kier molecular flexibility index (Phi) is 1.15. The van der Waals surface area contributed by atoms with Crippen LogP contribution in [0.2, 0.25) is 0 Å². The standard InChI is InChI=1S/C4H3FO3/c5-3-1-2-7-4(6)8-3/h1H,2H2. The molecule has 0 aromatic carbocycles. The molecule has 0 aromatic heterocycles. The predicted octanol–water partition coefficient (Wildman–Crippen LogP) is 0.964. The molecule has 0 unspecified atom stereocenters. The highest BCUT2D eigenvalue weighted by Gasteiger charge is 2.11. The van der Waals surface area contributed by atoms with E-state index in [1.807, 2.05) is 0 Å². The van der Waals surface area contributed by atoms with E-state index in [9.17, 15) is 9.18 Å². The van der Waals surface area contributed by atoms with Crippen molar-refractivity contribution in [2.45, 2.75) is 0 Å². The maximum Gasteiger partial charge on any atom is 0.516 e. The van der Waals surface area contributed by atoms with Crippen LogP contribution in [0.1, 0.15) is 0 Å². The fourth-order valence-corrected chi connectivity index (χ4v) is 0.326. The van der Waals surface area contributed by atoms with Crippen LogP contribution < -0.4 is 0 Å². The zero-order valence-electron chi connectivity index (χ0n) is 3.89. The molecule has 0 fully saturated rings. The number of carbonyl (C=O) groups is 1. The van der Waals surface area contributed by atoms with Crippen molar-refractivity contribution in [3.05, 3.63) is 12.1 Å². The SMILES string of the molecule is O=C1OCC=C(F)O1. The lowest BCUT2D eigenvalue weighted by atomic mass is 10.6. The summed E-state index contributed by atoms with van der Waals surface area (Å²) in [6, 6.07) is -0.888. The molecule has 1 aliphatic heterocycles. The van der Waals surface area contributed by atoms with E-state index in [2.05, 4.69) is 9.47 Å². The van der Waals surface area contributed by atoms with E-state index in [0.29, 0.717) is 0 Å². The quantitative estimate of drug-likeness (QED) is 0.444. The van der Waals surface area contributed by atoms with Gasteiger partial charge in [-0.3, -0.25) is 0 Å². The molecule has 0 N–H and O–H groups in total. The van der Waals surface area contributed by atoms with E-state index >= 15 is 0 Å². The summed E-state index contributed by atoms with van der Waals surface area (Å²) in [7, 11) is 0. The number of cyclic esters (lactones) is 2. The van der Waals surface area contributed by atoms with Crippen molar-refractivity contribution in [3.63, 3.8) is 0 Å². The Bertz CT molecular complexity index is 140. The molecule has 8 heavy (non-hydrogen) atoms. The second kappa shape index (κ2) is 1.81. The highest BCUT2D eigenvalue weighted by Crippen LogP contribution is 2.05. The Morgan fingerprint density at radius 3 is 2.88 bits per heavy atom. The van der Waals surface area contributed by atoms with E-state index in [1.54, 1.807) is 0 Å². The van der Waals surface area contributed by atoms with Gasteiger partial charge in [0.15, 0.2) is 0 Å². The fraction of sp³-hybridized carbons (Fsp3) is 0.250. The van der Waals surface area contributed by atoms with Crippen LogP contribution in [0.5, 0.6) is 0 Å². The number of hydrogen-bond acceptors (Lipinski definition) is 3. The maximum atomic E-state index is 11.8. The van der Waals surface area contributed by atoms with Crippen LogP contribution in [0.25, 0.3) is 0 Å². The topological polar surface area (TPSA) is 35.5 Å². The van der Waals surface area contributed by atoms with E-state index in [-0.39, 0.29) is 6.61 Å². The molecule has 0 aliphatic carbocycles. The average molecular weight is 118 g/mol. The Hall–Kier alpha value is -1.06. The van der Waals surface area contributed by atoms with Crippen LogP contribution in [0.15, 0.2) is 12.1 Å². The summed E-state index contributed by atoms with van der Waals surface area (Å²) >= 11 is 0. The molecule has 0 radical (unpaired) electrons.